The van der Waals surface area contributed by atoms with E-state index in [1.807, 2.05) is 17.7 Å². The van der Waals surface area contributed by atoms with Gasteiger partial charge in [0.2, 0.25) is 0 Å². The zero-order chi connectivity index (χ0) is 23.4. The van der Waals surface area contributed by atoms with Gasteiger partial charge in [0, 0.05) is 25.3 Å². The lowest BCUT2D eigenvalue weighted by Crippen LogP contribution is -2.35. The third-order valence-corrected chi connectivity index (χ3v) is 6.39. The first-order valence-corrected chi connectivity index (χ1v) is 11.9. The van der Waals surface area contributed by atoms with E-state index in [0.717, 1.165) is 60.1 Å². The van der Waals surface area contributed by atoms with Crippen LogP contribution in [-0.2, 0) is 17.8 Å². The number of aliphatic hydroxyl groups is 1. The van der Waals surface area contributed by atoms with Crippen LogP contribution in [0.15, 0.2) is 23.0 Å². The number of benzene rings is 1. The van der Waals surface area contributed by atoms with Crippen LogP contribution in [0.5, 0.6) is 0 Å². The lowest BCUT2D eigenvalue weighted by Gasteiger charge is -2.30. The lowest BCUT2D eigenvalue weighted by atomic mass is 10.0. The Morgan fingerprint density at radius 3 is 2.91 bits per heavy atom. The van der Waals surface area contributed by atoms with Gasteiger partial charge in [-0.3, -0.25) is 9.69 Å². The van der Waals surface area contributed by atoms with E-state index in [4.69, 9.17) is 4.74 Å². The molecule has 0 saturated carbocycles. The predicted molar refractivity (Wildman–Crippen MR) is 126 cm³/mol. The van der Waals surface area contributed by atoms with Crippen molar-refractivity contribution in [2.24, 2.45) is 0 Å². The van der Waals surface area contributed by atoms with Crippen LogP contribution < -0.4 is 5.56 Å². The molecule has 9 heteroatoms. The van der Waals surface area contributed by atoms with Gasteiger partial charge in [-0.2, -0.15) is 0 Å². The Balaban J connectivity index is 1.66. The molecule has 4 rings (SSSR count). The van der Waals surface area contributed by atoms with Crippen LogP contribution in [0.1, 0.15) is 61.2 Å². The molecule has 0 aliphatic carbocycles. The number of tetrazole rings is 1. The summed E-state index contributed by atoms with van der Waals surface area (Å²) in [6.45, 7) is 8.38. The van der Waals surface area contributed by atoms with Crippen LogP contribution in [0, 0.1) is 13.8 Å². The topological polar surface area (TPSA) is 109 Å². The van der Waals surface area contributed by atoms with Crippen LogP contribution in [0.2, 0.25) is 0 Å². The van der Waals surface area contributed by atoms with Gasteiger partial charge in [0.15, 0.2) is 5.82 Å². The molecule has 1 aliphatic rings. The van der Waals surface area contributed by atoms with Crippen molar-refractivity contribution in [1.29, 1.82) is 0 Å². The van der Waals surface area contributed by atoms with E-state index < -0.39 is 0 Å². The second kappa shape index (κ2) is 10.5. The maximum Gasteiger partial charge on any atom is 0.252 e. The van der Waals surface area contributed by atoms with Crippen molar-refractivity contribution in [2.45, 2.75) is 71.7 Å². The van der Waals surface area contributed by atoms with Gasteiger partial charge in [-0.15, -0.1) is 5.10 Å². The van der Waals surface area contributed by atoms with Crippen molar-refractivity contribution in [3.8, 4) is 0 Å². The lowest BCUT2D eigenvalue weighted by molar-refractivity contribution is 0.0870. The van der Waals surface area contributed by atoms with Crippen molar-refractivity contribution < 1.29 is 9.84 Å². The molecule has 3 aromatic rings. The summed E-state index contributed by atoms with van der Waals surface area (Å²) >= 11 is 0. The van der Waals surface area contributed by atoms with Crippen LogP contribution in [0.25, 0.3) is 10.9 Å². The molecule has 0 amide bonds. The zero-order valence-electron chi connectivity index (χ0n) is 19.8. The molecule has 0 spiro atoms. The number of aliphatic hydroxyl groups excluding tert-OH is 1. The van der Waals surface area contributed by atoms with E-state index in [1.54, 1.807) is 0 Å². The number of nitrogens with one attached hydrogen (secondary N) is 1. The SMILES string of the molecule is CCC[C@@H](c1nnnn1C[C@H]1CCCO1)N(CCO)Cc1cc2cc(C)cc(C)c2[nH]c1=O. The van der Waals surface area contributed by atoms with Crippen molar-refractivity contribution in [3.63, 3.8) is 0 Å². The number of hydrogen-bond donors (Lipinski definition) is 2. The number of aromatic amines is 1. The monoisotopic (exact) mass is 454 g/mol. The van der Waals surface area contributed by atoms with E-state index in [9.17, 15) is 9.90 Å². The molecule has 2 atom stereocenters. The first-order chi connectivity index (χ1) is 16.0. The number of nitrogens with zero attached hydrogens (tertiary/aromatic N) is 5. The Morgan fingerprint density at radius 2 is 2.18 bits per heavy atom. The average Bonchev–Trinajstić information content (AvgIpc) is 3.45. The van der Waals surface area contributed by atoms with E-state index in [2.05, 4.69) is 51.4 Å². The van der Waals surface area contributed by atoms with Gasteiger partial charge < -0.3 is 14.8 Å². The van der Waals surface area contributed by atoms with Crippen LogP contribution in [0.3, 0.4) is 0 Å². The minimum atomic E-state index is -0.118. The normalized spacial score (nSPS) is 17.3. The first kappa shape index (κ1) is 23.5. The Morgan fingerprint density at radius 1 is 1.33 bits per heavy atom. The van der Waals surface area contributed by atoms with Gasteiger partial charge >= 0.3 is 0 Å². The number of rotatable bonds is 10. The van der Waals surface area contributed by atoms with E-state index in [-0.39, 0.29) is 24.3 Å². The highest BCUT2D eigenvalue weighted by molar-refractivity contribution is 5.82. The Kier molecular flexibility index (Phi) is 7.52. The predicted octanol–water partition coefficient (Wildman–Crippen LogP) is 2.65. The summed E-state index contributed by atoms with van der Waals surface area (Å²) in [5.41, 5.74) is 3.64. The number of pyridine rings is 1. The fraction of sp³-hybridized carbons (Fsp3) is 0.583. The Labute approximate surface area is 193 Å². The quantitative estimate of drug-likeness (QED) is 0.485. The molecule has 0 unspecified atom stereocenters. The Bertz CT molecular complexity index is 1130. The standard InChI is InChI=1S/C24H34N6O3/c1-4-6-21(23-26-27-28-30(23)15-20-7-5-10-33-20)29(8-9-31)14-19-13-18-12-16(2)11-17(3)22(18)25-24(19)32/h11-13,20-21,31H,4-10,14-15H2,1-3H3,(H,25,32)/t20-,21+/m1/s1. The third kappa shape index (κ3) is 5.31. The second-order valence-electron chi connectivity index (χ2n) is 9.02. The molecule has 33 heavy (non-hydrogen) atoms. The van der Waals surface area contributed by atoms with Gasteiger partial charge in [0.25, 0.3) is 5.56 Å². The summed E-state index contributed by atoms with van der Waals surface area (Å²) in [4.78, 5) is 18.1. The highest BCUT2D eigenvalue weighted by Gasteiger charge is 2.28. The summed E-state index contributed by atoms with van der Waals surface area (Å²) in [6.07, 6.45) is 3.92. The minimum absolute atomic E-state index is 0.0166. The fourth-order valence-corrected chi connectivity index (χ4v) is 4.85. The molecule has 1 fully saturated rings. The second-order valence-corrected chi connectivity index (χ2v) is 9.02. The van der Waals surface area contributed by atoms with Crippen LogP contribution in [0.4, 0.5) is 0 Å². The van der Waals surface area contributed by atoms with E-state index in [1.165, 1.54) is 0 Å². The van der Waals surface area contributed by atoms with Crippen molar-refractivity contribution in [3.05, 3.63) is 51.1 Å². The molecule has 2 aromatic heterocycles. The fourth-order valence-electron chi connectivity index (χ4n) is 4.85. The van der Waals surface area contributed by atoms with Crippen molar-refractivity contribution in [1.82, 2.24) is 30.1 Å². The molecular formula is C24H34N6O3. The molecule has 1 saturated heterocycles. The van der Waals surface area contributed by atoms with Crippen molar-refractivity contribution in [2.75, 3.05) is 19.8 Å². The molecule has 9 nitrogen and oxygen atoms in total. The highest BCUT2D eigenvalue weighted by Crippen LogP contribution is 2.27. The third-order valence-electron chi connectivity index (χ3n) is 6.39. The zero-order valence-corrected chi connectivity index (χ0v) is 19.8. The molecule has 1 aliphatic heterocycles. The largest absolute Gasteiger partial charge is 0.395 e. The highest BCUT2D eigenvalue weighted by atomic mass is 16.5. The van der Waals surface area contributed by atoms with Gasteiger partial charge in [0.1, 0.15) is 0 Å². The summed E-state index contributed by atoms with van der Waals surface area (Å²) < 4.78 is 7.62. The number of aromatic nitrogens is 5. The number of hydrogen-bond acceptors (Lipinski definition) is 7. The minimum Gasteiger partial charge on any atom is -0.395 e. The molecule has 1 aromatic carbocycles. The van der Waals surface area contributed by atoms with Crippen LogP contribution >= 0.6 is 0 Å². The summed E-state index contributed by atoms with van der Waals surface area (Å²) in [5, 5.41) is 23.4. The van der Waals surface area contributed by atoms with E-state index in [0.29, 0.717) is 25.2 Å². The van der Waals surface area contributed by atoms with E-state index >= 15 is 0 Å². The number of H-pyrrole nitrogens is 1. The van der Waals surface area contributed by atoms with Gasteiger partial charge in [-0.25, -0.2) is 4.68 Å². The molecule has 3 heterocycles. The molecule has 0 radical (unpaired) electrons. The Hall–Kier alpha value is -2.62. The van der Waals surface area contributed by atoms with Gasteiger partial charge in [-0.1, -0.05) is 25.0 Å². The van der Waals surface area contributed by atoms with Gasteiger partial charge in [0.05, 0.1) is 30.8 Å². The molecule has 0 bridgehead atoms. The number of fused-ring (bicyclic) bond motifs is 1. The summed E-state index contributed by atoms with van der Waals surface area (Å²) in [6, 6.07) is 6.01. The van der Waals surface area contributed by atoms with Crippen molar-refractivity contribution >= 4 is 10.9 Å². The average molecular weight is 455 g/mol. The summed E-state index contributed by atoms with van der Waals surface area (Å²) in [7, 11) is 0. The number of aryl methyl sites for hydroxylation is 2. The maximum atomic E-state index is 13.0. The maximum absolute atomic E-state index is 13.0. The summed E-state index contributed by atoms with van der Waals surface area (Å²) in [5.74, 6) is 0.754. The molecule has 178 valence electrons. The first-order valence-electron chi connectivity index (χ1n) is 11.9. The van der Waals surface area contributed by atoms with Gasteiger partial charge in [-0.05, 0) is 66.6 Å². The molecule has 2 N–H and O–H groups in total. The molecular weight excluding hydrogens is 420 g/mol. The van der Waals surface area contributed by atoms with Crippen LogP contribution in [-0.4, -0.2) is 61.1 Å². The number of ether oxygens (including phenoxy) is 1. The smallest absolute Gasteiger partial charge is 0.252 e.